The van der Waals surface area contributed by atoms with Crippen LogP contribution in [0.4, 0.5) is 28.6 Å². The minimum Gasteiger partial charge on any atom is -0.351 e. The summed E-state index contributed by atoms with van der Waals surface area (Å²) in [5, 5.41) is 18.9. The van der Waals surface area contributed by atoms with E-state index in [1.807, 2.05) is 14.1 Å². The van der Waals surface area contributed by atoms with Gasteiger partial charge in [-0.1, -0.05) is 0 Å². The molecular formula is C84H102N22O15. The predicted octanol–water partition coefficient (Wildman–Crippen LogP) is 6.54. The van der Waals surface area contributed by atoms with Crippen LogP contribution < -0.4 is 37.2 Å². The first-order valence-corrected chi connectivity index (χ1v) is 39.4. The Hall–Kier alpha value is -13.9. The molecule has 0 saturated heterocycles. The molecule has 121 heavy (non-hydrogen) atoms. The zero-order chi connectivity index (χ0) is 87.8. The van der Waals surface area contributed by atoms with E-state index in [-0.39, 0.29) is 193 Å². The number of nitrogens with one attached hydrogen (secondary N) is 7. The number of anilines is 5. The van der Waals surface area contributed by atoms with Crippen molar-refractivity contribution in [1.29, 1.82) is 0 Å². The number of unbranched alkanes of at least 4 members (excludes halogenated alkanes) is 1. The number of aromatic nitrogens is 14. The first kappa shape index (κ1) is 89.5. The topological polar surface area (TPSA) is 444 Å². The highest BCUT2D eigenvalue weighted by Crippen LogP contribution is 2.24. The second-order valence-corrected chi connectivity index (χ2v) is 30.7. The van der Waals surface area contributed by atoms with Crippen molar-refractivity contribution in [1.82, 2.24) is 81.1 Å². The summed E-state index contributed by atoms with van der Waals surface area (Å²) in [6, 6.07) is 9.22. The van der Waals surface area contributed by atoms with E-state index in [1.165, 1.54) is 61.9 Å². The number of rotatable bonds is 45. The summed E-state index contributed by atoms with van der Waals surface area (Å²) in [5.74, 6) is -4.57. The van der Waals surface area contributed by atoms with Gasteiger partial charge in [0.1, 0.15) is 40.1 Å². The predicted molar refractivity (Wildman–Crippen MR) is 446 cm³/mol. The Morgan fingerprint density at radius 1 is 0.306 bits per heavy atom. The number of hydrogen-bond donors (Lipinski definition) is 7. The average Bonchev–Trinajstić information content (AvgIpc) is 1.68. The van der Waals surface area contributed by atoms with Crippen molar-refractivity contribution in [3.05, 3.63) is 184 Å². The lowest BCUT2D eigenvalue weighted by Gasteiger charge is -2.08. The Balaban J connectivity index is 0.598. The molecule has 0 fully saturated rings. The molecule has 0 atom stereocenters. The molecular weight excluding hydrogens is 1560 g/mol. The Morgan fingerprint density at radius 2 is 0.694 bits per heavy atom. The highest BCUT2D eigenvalue weighted by Gasteiger charge is 2.27. The molecule has 0 bridgehead atoms. The fourth-order valence-corrected chi connectivity index (χ4v) is 14.1. The Labute approximate surface area is 697 Å². The number of aryl methyl sites for hydroxylation is 10. The fourth-order valence-electron chi connectivity index (χ4n) is 14.1. The van der Waals surface area contributed by atoms with Gasteiger partial charge in [0.2, 0.25) is 29.2 Å². The summed E-state index contributed by atoms with van der Waals surface area (Å²) < 4.78 is 15.4. The van der Waals surface area contributed by atoms with Crippen molar-refractivity contribution >= 4 is 116 Å². The molecule has 0 aromatic carbocycles. The number of carbonyl (C=O) groups excluding carboxylic acids is 15. The molecule has 37 heteroatoms. The summed E-state index contributed by atoms with van der Waals surface area (Å²) >= 11 is 0. The molecule has 0 radical (unpaired) electrons. The Morgan fingerprint density at radius 3 is 1.19 bits per heavy atom. The number of carbonyl (C=O) groups is 15. The number of imidazole rings is 4. The third-order valence-electron chi connectivity index (χ3n) is 20.0. The van der Waals surface area contributed by atoms with E-state index in [0.29, 0.717) is 82.3 Å². The first-order valence-electron chi connectivity index (χ1n) is 39.4. The third kappa shape index (κ3) is 24.2. The van der Waals surface area contributed by atoms with Gasteiger partial charge in [0.05, 0.1) is 70.5 Å². The van der Waals surface area contributed by atoms with Crippen LogP contribution in [0.15, 0.2) is 98.4 Å². The van der Waals surface area contributed by atoms with Gasteiger partial charge in [-0.15, -0.1) is 0 Å². The van der Waals surface area contributed by atoms with Crippen molar-refractivity contribution in [2.45, 2.75) is 116 Å². The molecule has 0 saturated carbocycles. The van der Waals surface area contributed by atoms with Crippen molar-refractivity contribution < 1.29 is 71.9 Å². The highest BCUT2D eigenvalue weighted by molar-refractivity contribution is 6.08. The maximum absolute atomic E-state index is 13.8. The number of amides is 7. The minimum absolute atomic E-state index is 0.0357. The average molecular weight is 1660 g/mol. The van der Waals surface area contributed by atoms with E-state index in [0.717, 1.165) is 19.4 Å². The van der Waals surface area contributed by atoms with Gasteiger partial charge in [-0.2, -0.15) is 0 Å². The molecule has 638 valence electrons. The summed E-state index contributed by atoms with van der Waals surface area (Å²) in [6.45, 7) is 2.35. The molecule has 7 amide bonds. The standard InChI is InChI=1S/C84H102N22O15/c1-50(107)87-55-35-67(101(8)42-55)82(119)91-57-37-66(100(7)44-57)81(118)86-27-25-75(116)94-74-49-106(13)79(95-74)84(121)93-58-38-68(102(9)45-58)83(120)92-56-36-65(99(6)43-56)80(117)85-26-18-22-62(110)34-54-46-104(11)77(88-54)72(114)32-52-30-64(98(5)41-52)71(113)31-51-29-63(97(4)40-51)69(111)23-17-21-61(109)33-53-47-105(12)78(89-53)73(115)39-59-48-103(10)76(90-59)70(112)24-16-20-60(108)19-14-15-28-96(2)3/h29-30,35-38,40-49H,14-28,31-34,39H2,1-13H3,(H,85,117)(H,86,118)(H,87,107)(H,91,119)(H,92,120)(H,93,121)(H,94,116). The van der Waals surface area contributed by atoms with Gasteiger partial charge in [0.15, 0.2) is 40.6 Å². The molecule has 0 unspecified atom stereocenters. The van der Waals surface area contributed by atoms with Crippen molar-refractivity contribution in [2.75, 3.05) is 60.3 Å². The summed E-state index contributed by atoms with van der Waals surface area (Å²) in [6.07, 6.45) is 19.3. The normalized spacial score (nSPS) is 11.3. The van der Waals surface area contributed by atoms with E-state index in [4.69, 9.17) is 0 Å². The van der Waals surface area contributed by atoms with E-state index >= 15 is 0 Å². The van der Waals surface area contributed by atoms with Crippen LogP contribution in [0, 0.1) is 0 Å². The maximum Gasteiger partial charge on any atom is 0.291 e. The molecule has 0 aliphatic heterocycles. The van der Waals surface area contributed by atoms with Crippen LogP contribution in [-0.4, -0.2) is 192 Å². The van der Waals surface area contributed by atoms with Crippen LogP contribution in [0.5, 0.6) is 0 Å². The molecule has 0 spiro atoms. The lowest BCUT2D eigenvalue weighted by Crippen LogP contribution is -2.29. The highest BCUT2D eigenvalue weighted by atomic mass is 16.2. The molecule has 10 aromatic heterocycles. The quantitative estimate of drug-likeness (QED) is 0.0157. The van der Waals surface area contributed by atoms with Crippen molar-refractivity contribution in [2.24, 2.45) is 70.5 Å². The second kappa shape index (κ2) is 40.1. The van der Waals surface area contributed by atoms with Crippen LogP contribution >= 0.6 is 0 Å². The van der Waals surface area contributed by atoms with Crippen LogP contribution in [0.25, 0.3) is 0 Å². The van der Waals surface area contributed by atoms with Crippen LogP contribution in [0.1, 0.15) is 218 Å². The number of hydrogen-bond acceptors (Lipinski definition) is 20. The molecule has 37 nitrogen and oxygen atoms in total. The third-order valence-corrected chi connectivity index (χ3v) is 20.0. The molecule has 10 aromatic rings. The van der Waals surface area contributed by atoms with E-state index in [2.05, 4.69) is 62.1 Å². The van der Waals surface area contributed by atoms with Gasteiger partial charge in [0.25, 0.3) is 29.5 Å². The summed E-state index contributed by atoms with van der Waals surface area (Å²) in [5.41, 5.74) is 5.22. The minimum atomic E-state index is -0.655. The first-order chi connectivity index (χ1) is 57.4. The van der Waals surface area contributed by atoms with E-state index < -0.39 is 35.4 Å². The number of nitrogens with zero attached hydrogens (tertiary/aromatic N) is 15. The summed E-state index contributed by atoms with van der Waals surface area (Å²) in [7, 11) is 20.4. The van der Waals surface area contributed by atoms with Crippen LogP contribution in [-0.2, 0) is 127 Å². The van der Waals surface area contributed by atoms with Gasteiger partial charge in [-0.05, 0) is 100 Å². The maximum atomic E-state index is 13.8. The zero-order valence-corrected chi connectivity index (χ0v) is 70.2. The van der Waals surface area contributed by atoms with Gasteiger partial charge in [-0.3, -0.25) is 71.9 Å². The monoisotopic (exact) mass is 1660 g/mol. The van der Waals surface area contributed by atoms with Crippen molar-refractivity contribution in [3.8, 4) is 0 Å². The van der Waals surface area contributed by atoms with Crippen LogP contribution in [0.3, 0.4) is 0 Å². The van der Waals surface area contributed by atoms with Gasteiger partial charge in [0, 0.05) is 210 Å². The van der Waals surface area contributed by atoms with Gasteiger partial charge < -0.3 is 87.8 Å². The fraction of sp³-hybridized carbons (Fsp3) is 0.393. The lowest BCUT2D eigenvalue weighted by molar-refractivity contribution is -0.119. The molecule has 7 N–H and O–H groups in total. The molecule has 10 heterocycles. The van der Waals surface area contributed by atoms with E-state index in [1.54, 1.807) is 160 Å². The largest absolute Gasteiger partial charge is 0.351 e. The Bertz CT molecular complexity index is 5670. The van der Waals surface area contributed by atoms with Crippen LogP contribution in [0.2, 0.25) is 0 Å². The Kier molecular flexibility index (Phi) is 29.6. The number of Topliss-reactive ketones (excluding diaryl/α,β-unsaturated/α-hetero) is 8. The zero-order valence-electron chi connectivity index (χ0n) is 70.2. The molecule has 0 aliphatic carbocycles. The van der Waals surface area contributed by atoms with E-state index in [9.17, 15) is 71.9 Å². The lowest BCUT2D eigenvalue weighted by atomic mass is 10.0. The summed E-state index contributed by atoms with van der Waals surface area (Å²) in [4.78, 5) is 217. The van der Waals surface area contributed by atoms with Gasteiger partial charge >= 0.3 is 0 Å². The van der Waals surface area contributed by atoms with Crippen molar-refractivity contribution in [3.63, 3.8) is 0 Å². The number of ketones is 8. The van der Waals surface area contributed by atoms with Gasteiger partial charge in [-0.25, -0.2) is 19.9 Å². The SMILES string of the molecule is CC(=O)Nc1cc(C(=O)Nc2cc(C(=O)NCCC(=O)Nc3cn(C)c(C(=O)Nc4cc(C(=O)Nc5cc(C(=O)NCCCC(=O)Cc6cn(C)c(C(=O)Cc7cc(C(=O)Cc8cc(C(=O)CCCC(=O)Cc9cn(C)c(C(=O)Cc%10cn(C)c(C(=O)CCCC(=O)CCCCN(C)C)n%10)n9)n(C)c8)n(C)c7)n6)n(C)c5)n(C)c4)n3)n(C)c2)n(C)c1. The smallest absolute Gasteiger partial charge is 0.291 e. The molecule has 0 aliphatic rings. The second-order valence-electron chi connectivity index (χ2n) is 30.7. The molecule has 10 rings (SSSR count).